The molecule has 2 aliphatic heterocycles. The van der Waals surface area contributed by atoms with Gasteiger partial charge in [0, 0.05) is 12.7 Å². The standard InChI is InChI=1S/C7H8N4/c8-4-6-5-10-11-3-1-2-9-7(6)11/h1,3,6,10H,2,5H2. The number of rotatable bonds is 0. The van der Waals surface area contributed by atoms with Crippen LogP contribution in [-0.4, -0.2) is 23.9 Å². The van der Waals surface area contributed by atoms with Gasteiger partial charge in [-0.1, -0.05) is 0 Å². The van der Waals surface area contributed by atoms with Gasteiger partial charge in [0.2, 0.25) is 0 Å². The number of hydrogen-bond acceptors (Lipinski definition) is 4. The Morgan fingerprint density at radius 2 is 2.73 bits per heavy atom. The summed E-state index contributed by atoms with van der Waals surface area (Å²) in [4.78, 5) is 4.21. The zero-order valence-corrected chi connectivity index (χ0v) is 5.99. The molecule has 0 aromatic heterocycles. The largest absolute Gasteiger partial charge is 0.270 e. The highest BCUT2D eigenvalue weighted by atomic mass is 15.5. The van der Waals surface area contributed by atoms with Gasteiger partial charge in [0.15, 0.2) is 0 Å². The van der Waals surface area contributed by atoms with Gasteiger partial charge >= 0.3 is 0 Å². The van der Waals surface area contributed by atoms with E-state index in [0.717, 1.165) is 5.84 Å². The van der Waals surface area contributed by atoms with Crippen LogP contribution in [0.3, 0.4) is 0 Å². The van der Waals surface area contributed by atoms with Crippen LogP contribution in [-0.2, 0) is 0 Å². The molecular weight excluding hydrogens is 140 g/mol. The number of hydrogen-bond donors (Lipinski definition) is 1. The fourth-order valence-electron chi connectivity index (χ4n) is 1.25. The van der Waals surface area contributed by atoms with Crippen molar-refractivity contribution in [3.05, 3.63) is 12.3 Å². The Morgan fingerprint density at radius 3 is 3.55 bits per heavy atom. The minimum Gasteiger partial charge on any atom is -0.270 e. The summed E-state index contributed by atoms with van der Waals surface area (Å²) in [6.45, 7) is 1.38. The Labute approximate surface area is 64.8 Å². The zero-order chi connectivity index (χ0) is 7.68. The number of nitriles is 1. The van der Waals surface area contributed by atoms with Gasteiger partial charge in [-0.15, -0.1) is 0 Å². The first-order valence-corrected chi connectivity index (χ1v) is 3.55. The van der Waals surface area contributed by atoms with Crippen molar-refractivity contribution >= 4 is 5.84 Å². The zero-order valence-electron chi connectivity index (χ0n) is 5.99. The Morgan fingerprint density at radius 1 is 1.82 bits per heavy atom. The molecule has 0 saturated carbocycles. The van der Waals surface area contributed by atoms with Crippen LogP contribution in [0.4, 0.5) is 0 Å². The summed E-state index contributed by atoms with van der Waals surface area (Å²) in [7, 11) is 0. The Balaban J connectivity index is 2.25. The van der Waals surface area contributed by atoms with E-state index in [2.05, 4.69) is 16.5 Å². The van der Waals surface area contributed by atoms with E-state index >= 15 is 0 Å². The van der Waals surface area contributed by atoms with Gasteiger partial charge in [-0.05, 0) is 6.08 Å². The SMILES string of the molecule is N#CC1CNN2C=CCN=C12. The number of aliphatic imine (C=N–C) groups is 1. The minimum absolute atomic E-state index is 0.0695. The Hall–Kier alpha value is -1.34. The van der Waals surface area contributed by atoms with Crippen molar-refractivity contribution in [1.82, 2.24) is 10.4 Å². The first-order valence-electron chi connectivity index (χ1n) is 3.55. The monoisotopic (exact) mass is 148 g/mol. The van der Waals surface area contributed by atoms with Gasteiger partial charge in [-0.3, -0.25) is 10.0 Å². The van der Waals surface area contributed by atoms with Crippen LogP contribution in [0, 0.1) is 17.2 Å². The van der Waals surface area contributed by atoms with Crippen molar-refractivity contribution in [3.8, 4) is 6.07 Å². The Bertz CT molecular complexity index is 260. The maximum absolute atomic E-state index is 8.68. The van der Waals surface area contributed by atoms with Crippen molar-refractivity contribution in [2.45, 2.75) is 0 Å². The van der Waals surface area contributed by atoms with E-state index in [1.807, 2.05) is 17.3 Å². The summed E-state index contributed by atoms with van der Waals surface area (Å²) in [5.74, 6) is 0.787. The first-order chi connectivity index (χ1) is 5.42. The molecule has 0 spiro atoms. The lowest BCUT2D eigenvalue weighted by Gasteiger charge is -2.16. The van der Waals surface area contributed by atoms with E-state index in [9.17, 15) is 0 Å². The van der Waals surface area contributed by atoms with Crippen molar-refractivity contribution in [2.24, 2.45) is 10.9 Å². The number of amidine groups is 1. The van der Waals surface area contributed by atoms with Crippen molar-refractivity contribution in [1.29, 1.82) is 5.26 Å². The fourth-order valence-corrected chi connectivity index (χ4v) is 1.25. The summed E-state index contributed by atoms with van der Waals surface area (Å²) in [5, 5.41) is 10.5. The van der Waals surface area contributed by atoms with Crippen LogP contribution in [0.1, 0.15) is 0 Å². The maximum Gasteiger partial charge on any atom is 0.137 e. The van der Waals surface area contributed by atoms with Crippen molar-refractivity contribution in [2.75, 3.05) is 13.1 Å². The van der Waals surface area contributed by atoms with E-state index in [0.29, 0.717) is 13.1 Å². The van der Waals surface area contributed by atoms with Gasteiger partial charge in [0.1, 0.15) is 11.8 Å². The number of hydrazine groups is 1. The molecule has 0 bridgehead atoms. The van der Waals surface area contributed by atoms with Gasteiger partial charge in [-0.2, -0.15) is 5.26 Å². The fraction of sp³-hybridized carbons (Fsp3) is 0.429. The molecule has 0 aromatic carbocycles. The number of nitrogens with zero attached hydrogens (tertiary/aromatic N) is 3. The summed E-state index contributed by atoms with van der Waals surface area (Å²) in [6.07, 6.45) is 3.87. The van der Waals surface area contributed by atoms with Crippen LogP contribution in [0.2, 0.25) is 0 Å². The van der Waals surface area contributed by atoms with Crippen LogP contribution >= 0.6 is 0 Å². The summed E-state index contributed by atoms with van der Waals surface area (Å²) < 4.78 is 0. The third-order valence-corrected chi connectivity index (χ3v) is 1.79. The van der Waals surface area contributed by atoms with Gasteiger partial charge < -0.3 is 0 Å². The van der Waals surface area contributed by atoms with Gasteiger partial charge in [0.25, 0.3) is 0 Å². The van der Waals surface area contributed by atoms with E-state index in [-0.39, 0.29) is 5.92 Å². The molecule has 1 atom stereocenters. The van der Waals surface area contributed by atoms with Crippen LogP contribution in [0.25, 0.3) is 0 Å². The topological polar surface area (TPSA) is 51.4 Å². The molecule has 0 radical (unpaired) electrons. The first kappa shape index (κ1) is 6.38. The van der Waals surface area contributed by atoms with Crippen molar-refractivity contribution in [3.63, 3.8) is 0 Å². The predicted molar refractivity (Wildman–Crippen MR) is 40.4 cm³/mol. The molecule has 1 N–H and O–H groups in total. The molecule has 2 rings (SSSR count). The average Bonchev–Trinajstić information content (AvgIpc) is 2.47. The molecule has 1 saturated heterocycles. The summed E-state index contributed by atoms with van der Waals surface area (Å²) in [5.41, 5.74) is 3.05. The molecule has 0 aliphatic carbocycles. The van der Waals surface area contributed by atoms with E-state index in [1.165, 1.54) is 0 Å². The third kappa shape index (κ3) is 0.900. The van der Waals surface area contributed by atoms with E-state index in [1.54, 1.807) is 0 Å². The highest BCUT2D eigenvalue weighted by Crippen LogP contribution is 2.12. The van der Waals surface area contributed by atoms with Gasteiger partial charge in [-0.25, -0.2) is 5.43 Å². The lowest BCUT2D eigenvalue weighted by Crippen LogP contribution is -2.31. The normalized spacial score (nSPS) is 27.7. The minimum atomic E-state index is -0.0695. The van der Waals surface area contributed by atoms with E-state index < -0.39 is 0 Å². The highest BCUT2D eigenvalue weighted by Gasteiger charge is 2.28. The summed E-state index contributed by atoms with van der Waals surface area (Å²) in [6, 6.07) is 2.19. The van der Waals surface area contributed by atoms with Crippen LogP contribution in [0.5, 0.6) is 0 Å². The van der Waals surface area contributed by atoms with Crippen molar-refractivity contribution < 1.29 is 0 Å². The maximum atomic E-state index is 8.68. The van der Waals surface area contributed by atoms with Crippen LogP contribution < -0.4 is 5.43 Å². The van der Waals surface area contributed by atoms with Gasteiger partial charge in [0.05, 0.1) is 12.6 Å². The van der Waals surface area contributed by atoms with E-state index in [4.69, 9.17) is 5.26 Å². The molecule has 0 amide bonds. The lowest BCUT2D eigenvalue weighted by atomic mass is 10.1. The molecule has 1 fully saturated rings. The molecule has 2 aliphatic rings. The summed E-state index contributed by atoms with van der Waals surface area (Å²) >= 11 is 0. The smallest absolute Gasteiger partial charge is 0.137 e. The predicted octanol–water partition coefficient (Wildman–Crippen LogP) is -0.128. The van der Waals surface area contributed by atoms with Crippen LogP contribution in [0.15, 0.2) is 17.3 Å². The quantitative estimate of drug-likeness (QED) is 0.520. The molecule has 56 valence electrons. The number of nitrogens with one attached hydrogen (secondary N) is 1. The molecule has 4 heteroatoms. The molecule has 1 unspecified atom stereocenters. The molecule has 2 heterocycles. The number of fused-ring (bicyclic) bond motifs is 1. The average molecular weight is 148 g/mol. The lowest BCUT2D eigenvalue weighted by molar-refractivity contribution is 0.454. The highest BCUT2D eigenvalue weighted by molar-refractivity contribution is 5.89. The molecular formula is C7H8N4. The Kier molecular flexibility index (Phi) is 1.37. The molecule has 4 nitrogen and oxygen atoms in total. The molecule has 11 heavy (non-hydrogen) atoms. The second-order valence-corrected chi connectivity index (χ2v) is 2.50. The second kappa shape index (κ2) is 2.36. The molecule has 0 aromatic rings. The third-order valence-electron chi connectivity index (χ3n) is 1.79. The second-order valence-electron chi connectivity index (χ2n) is 2.50.